The Morgan fingerprint density at radius 2 is 1.00 bits per heavy atom. The average molecular weight is 260 g/mol. The number of hydrogen-bond donors (Lipinski definition) is 2. The molecule has 2 rings (SSSR count). The van der Waals surface area contributed by atoms with Crippen LogP contribution in [0.3, 0.4) is 0 Å². The van der Waals surface area contributed by atoms with E-state index < -0.39 is 6.16 Å². The van der Waals surface area contributed by atoms with Gasteiger partial charge in [0.25, 0.3) is 0 Å². The zero-order valence-electron chi connectivity index (χ0n) is 10.8. The highest BCUT2D eigenvalue weighted by molar-refractivity contribution is 5.53. The van der Waals surface area contributed by atoms with Crippen molar-refractivity contribution >= 4 is 6.16 Å². The Morgan fingerprint density at radius 3 is 1.28 bits per heavy atom. The first-order chi connectivity index (χ1) is 8.68. The lowest BCUT2D eigenvalue weighted by Crippen LogP contribution is -2.23. The molecule has 2 saturated carbocycles. The third kappa shape index (κ3) is 7.50. The summed E-state index contributed by atoms with van der Waals surface area (Å²) in [6, 6.07) is 0. The van der Waals surface area contributed by atoms with Crippen LogP contribution in [-0.4, -0.2) is 28.6 Å². The van der Waals surface area contributed by atoms with Gasteiger partial charge in [0.2, 0.25) is 0 Å². The topological polar surface area (TPSA) is 76.0 Å². The molecule has 0 heterocycles. The van der Waals surface area contributed by atoms with Crippen LogP contribution in [0.1, 0.15) is 64.2 Å². The van der Waals surface area contributed by atoms with Gasteiger partial charge in [0.15, 0.2) is 0 Å². The molecule has 0 saturated heterocycles. The molecule has 2 aliphatic carbocycles. The molecule has 0 bridgehead atoms. The van der Waals surface area contributed by atoms with Gasteiger partial charge >= 0.3 is 6.16 Å². The molecule has 2 aliphatic rings. The van der Waals surface area contributed by atoms with Gasteiger partial charge in [0.05, 0.1) is 12.2 Å². The van der Waals surface area contributed by atoms with Crippen molar-refractivity contribution in [3.05, 3.63) is 0 Å². The maximum absolute atomic E-state index is 8.56. The van der Waals surface area contributed by atoms with Crippen LogP contribution in [0.15, 0.2) is 0 Å². The Balaban J connectivity index is 0.000000357. The van der Waals surface area contributed by atoms with Gasteiger partial charge in [-0.05, 0) is 25.7 Å². The smallest absolute Gasteiger partial charge is 0.450 e. The molecule has 0 unspecified atom stereocenters. The van der Waals surface area contributed by atoms with Gasteiger partial charge in [0, 0.05) is 0 Å². The van der Waals surface area contributed by atoms with Crippen molar-refractivity contribution in [3.8, 4) is 0 Å². The van der Waals surface area contributed by atoms with E-state index >= 15 is 0 Å². The highest BCUT2D eigenvalue weighted by Gasteiger charge is 2.19. The van der Waals surface area contributed by atoms with Crippen molar-refractivity contribution < 1.29 is 24.8 Å². The van der Waals surface area contributed by atoms with Crippen molar-refractivity contribution in [2.24, 2.45) is 0 Å². The monoisotopic (exact) mass is 260 g/mol. The Bertz CT molecular complexity index is 197. The molecule has 0 aromatic rings. The van der Waals surface area contributed by atoms with Crippen LogP contribution >= 0.6 is 0 Å². The zero-order valence-corrected chi connectivity index (χ0v) is 10.8. The normalized spacial score (nSPS) is 22.0. The Labute approximate surface area is 108 Å². The van der Waals surface area contributed by atoms with Crippen molar-refractivity contribution in [3.63, 3.8) is 0 Å². The summed E-state index contributed by atoms with van der Waals surface area (Å²) < 4.78 is 0. The Hall–Kier alpha value is -0.810. The van der Waals surface area contributed by atoms with E-state index in [-0.39, 0.29) is 0 Å². The summed E-state index contributed by atoms with van der Waals surface area (Å²) in [4.78, 5) is 19.6. The second-order valence-corrected chi connectivity index (χ2v) is 5.00. The first-order valence-corrected chi connectivity index (χ1v) is 6.92. The van der Waals surface area contributed by atoms with Gasteiger partial charge in [-0.2, -0.15) is 0 Å². The van der Waals surface area contributed by atoms with Crippen LogP contribution in [0.5, 0.6) is 0 Å². The summed E-state index contributed by atoms with van der Waals surface area (Å²) in [5.41, 5.74) is 0. The first kappa shape index (κ1) is 15.2. The highest BCUT2D eigenvalue weighted by Crippen LogP contribution is 2.24. The molecule has 0 aromatic carbocycles. The molecule has 2 N–H and O–H groups in total. The minimum absolute atomic E-state index is 0.394. The number of carboxylic acid groups (broad SMARTS) is 2. The lowest BCUT2D eigenvalue weighted by Gasteiger charge is -2.25. The molecule has 18 heavy (non-hydrogen) atoms. The Kier molecular flexibility index (Phi) is 7.76. The van der Waals surface area contributed by atoms with E-state index in [4.69, 9.17) is 24.8 Å². The van der Waals surface area contributed by atoms with E-state index in [1.807, 2.05) is 0 Å². The van der Waals surface area contributed by atoms with Crippen molar-refractivity contribution in [1.29, 1.82) is 0 Å². The second kappa shape index (κ2) is 9.16. The summed E-state index contributed by atoms with van der Waals surface area (Å²) >= 11 is 0. The van der Waals surface area contributed by atoms with Gasteiger partial charge in [-0.1, -0.05) is 38.5 Å². The van der Waals surface area contributed by atoms with Crippen LogP contribution < -0.4 is 0 Å². The minimum Gasteiger partial charge on any atom is -0.450 e. The molecule has 0 aromatic heterocycles. The van der Waals surface area contributed by atoms with Gasteiger partial charge in [0.1, 0.15) is 0 Å². The fraction of sp³-hybridized carbons (Fsp3) is 0.923. The van der Waals surface area contributed by atoms with E-state index in [1.165, 1.54) is 64.2 Å². The SMILES string of the molecule is C1CCC(OOC2CCCCC2)CC1.O=C(O)O. The molecule has 0 spiro atoms. The standard InChI is InChI=1S/C12H22O2.CH2O3/c1-3-7-11(8-4-1)13-14-12-9-5-2-6-10-12;2-1(3)4/h11-12H,1-10H2;(H2,2,3,4). The predicted octanol–water partition coefficient (Wildman–Crippen LogP) is 3.82. The van der Waals surface area contributed by atoms with E-state index in [9.17, 15) is 0 Å². The van der Waals surface area contributed by atoms with E-state index in [2.05, 4.69) is 0 Å². The van der Waals surface area contributed by atoms with Gasteiger partial charge in [-0.15, -0.1) is 0 Å². The van der Waals surface area contributed by atoms with Crippen LogP contribution in [0.2, 0.25) is 0 Å². The van der Waals surface area contributed by atoms with Crippen LogP contribution in [0, 0.1) is 0 Å². The molecule has 106 valence electrons. The molecule has 5 nitrogen and oxygen atoms in total. The molecule has 0 radical (unpaired) electrons. The number of rotatable bonds is 3. The van der Waals surface area contributed by atoms with Crippen LogP contribution in [0.25, 0.3) is 0 Å². The maximum Gasteiger partial charge on any atom is 0.503 e. The fourth-order valence-electron chi connectivity index (χ4n) is 2.48. The van der Waals surface area contributed by atoms with E-state index in [0.717, 1.165) is 0 Å². The van der Waals surface area contributed by atoms with Crippen molar-refractivity contribution in [2.45, 2.75) is 76.4 Å². The van der Waals surface area contributed by atoms with E-state index in [0.29, 0.717) is 12.2 Å². The third-order valence-corrected chi connectivity index (χ3v) is 3.43. The highest BCUT2D eigenvalue weighted by atomic mass is 17.2. The lowest BCUT2D eigenvalue weighted by molar-refractivity contribution is -0.358. The maximum atomic E-state index is 8.56. The largest absolute Gasteiger partial charge is 0.503 e. The van der Waals surface area contributed by atoms with Crippen molar-refractivity contribution in [2.75, 3.05) is 0 Å². The zero-order chi connectivity index (χ0) is 13.2. The molecular weight excluding hydrogens is 236 g/mol. The van der Waals surface area contributed by atoms with Crippen molar-refractivity contribution in [1.82, 2.24) is 0 Å². The molecule has 0 amide bonds. The molecule has 2 fully saturated rings. The summed E-state index contributed by atoms with van der Waals surface area (Å²) in [6.07, 6.45) is 11.8. The summed E-state index contributed by atoms with van der Waals surface area (Å²) in [6.45, 7) is 0. The Morgan fingerprint density at radius 1 is 0.722 bits per heavy atom. The number of hydrogen-bond acceptors (Lipinski definition) is 3. The van der Waals surface area contributed by atoms with Crippen LogP contribution in [0.4, 0.5) is 4.79 Å². The van der Waals surface area contributed by atoms with Gasteiger partial charge < -0.3 is 10.2 Å². The lowest BCUT2D eigenvalue weighted by atomic mass is 9.98. The van der Waals surface area contributed by atoms with Gasteiger partial charge in [-0.25, -0.2) is 14.6 Å². The summed E-state index contributed by atoms with van der Waals surface area (Å²) in [5.74, 6) is 0. The molecule has 0 aliphatic heterocycles. The molecule has 5 heteroatoms. The average Bonchev–Trinajstić information content (AvgIpc) is 2.38. The predicted molar refractivity (Wildman–Crippen MR) is 66.6 cm³/mol. The molecular formula is C13H24O5. The number of carbonyl (C=O) groups is 1. The summed E-state index contributed by atoms with van der Waals surface area (Å²) in [5, 5.41) is 13.9. The van der Waals surface area contributed by atoms with Crippen LogP contribution in [-0.2, 0) is 9.78 Å². The second-order valence-electron chi connectivity index (χ2n) is 5.00. The quantitative estimate of drug-likeness (QED) is 0.596. The first-order valence-electron chi connectivity index (χ1n) is 6.92. The minimum atomic E-state index is -1.83. The third-order valence-electron chi connectivity index (χ3n) is 3.43. The van der Waals surface area contributed by atoms with Gasteiger partial charge in [-0.3, -0.25) is 0 Å². The van der Waals surface area contributed by atoms with E-state index in [1.54, 1.807) is 0 Å². The fourth-order valence-corrected chi connectivity index (χ4v) is 2.48. The summed E-state index contributed by atoms with van der Waals surface area (Å²) in [7, 11) is 0. The molecule has 0 atom stereocenters.